The van der Waals surface area contributed by atoms with Crippen LogP contribution >= 0.6 is 0 Å². The fourth-order valence-corrected chi connectivity index (χ4v) is 2.31. The van der Waals surface area contributed by atoms with Crippen LogP contribution in [0.1, 0.15) is 6.42 Å². The summed E-state index contributed by atoms with van der Waals surface area (Å²) in [5.41, 5.74) is 1.51. The van der Waals surface area contributed by atoms with Crippen LogP contribution in [0, 0.1) is 0 Å². The van der Waals surface area contributed by atoms with Gasteiger partial charge < -0.3 is 15.3 Å². The lowest BCUT2D eigenvalue weighted by Gasteiger charge is -2.18. The molecule has 0 radical (unpaired) electrons. The van der Waals surface area contributed by atoms with Crippen LogP contribution in [-0.4, -0.2) is 45.0 Å². The standard InChI is InChI=1S/C14H16N4O2/c19-11-6-9-17(10-11)14(20)16-12-4-1-2-5-13(12)18-8-3-7-15-18/h1-5,7-8,11,19H,6,9-10H2,(H,16,20)/t11-/m1/s1. The van der Waals surface area contributed by atoms with Crippen LogP contribution in [0.2, 0.25) is 0 Å². The zero-order valence-electron chi connectivity index (χ0n) is 10.9. The summed E-state index contributed by atoms with van der Waals surface area (Å²) in [4.78, 5) is 13.8. The Kier molecular flexibility index (Phi) is 3.39. The minimum atomic E-state index is -0.415. The van der Waals surface area contributed by atoms with E-state index >= 15 is 0 Å². The van der Waals surface area contributed by atoms with Crippen molar-refractivity contribution >= 4 is 11.7 Å². The number of amides is 2. The number of β-amino-alcohol motifs (C(OH)–C–C–N with tert-alkyl or cyclic N) is 1. The molecule has 1 saturated heterocycles. The van der Waals surface area contributed by atoms with E-state index in [1.807, 2.05) is 36.5 Å². The van der Waals surface area contributed by atoms with Gasteiger partial charge in [-0.15, -0.1) is 0 Å². The average molecular weight is 272 g/mol. The summed E-state index contributed by atoms with van der Waals surface area (Å²) in [6.45, 7) is 0.965. The van der Waals surface area contributed by atoms with Crippen LogP contribution in [0.25, 0.3) is 5.69 Å². The SMILES string of the molecule is O=C(Nc1ccccc1-n1cccn1)N1CC[C@@H](O)C1. The number of nitrogens with one attached hydrogen (secondary N) is 1. The second-order valence-corrected chi connectivity index (χ2v) is 4.79. The molecule has 2 heterocycles. The average Bonchev–Trinajstić information content (AvgIpc) is 3.10. The molecule has 1 fully saturated rings. The topological polar surface area (TPSA) is 70.4 Å². The number of likely N-dealkylation sites (tertiary alicyclic amines) is 1. The van der Waals surface area contributed by atoms with Crippen LogP contribution in [0.4, 0.5) is 10.5 Å². The number of hydrogen-bond donors (Lipinski definition) is 2. The Labute approximate surface area is 116 Å². The van der Waals surface area contributed by atoms with Gasteiger partial charge >= 0.3 is 6.03 Å². The second kappa shape index (κ2) is 5.34. The normalized spacial score (nSPS) is 18.2. The molecule has 6 nitrogen and oxygen atoms in total. The maximum absolute atomic E-state index is 12.2. The van der Waals surface area contributed by atoms with Gasteiger partial charge in [0.05, 0.1) is 17.5 Å². The molecule has 0 unspecified atom stereocenters. The number of carbonyl (C=O) groups is 1. The van der Waals surface area contributed by atoms with Gasteiger partial charge in [-0.25, -0.2) is 9.48 Å². The summed E-state index contributed by atoms with van der Waals surface area (Å²) in [7, 11) is 0. The first kappa shape index (κ1) is 12.7. The van der Waals surface area contributed by atoms with Crippen molar-refractivity contribution in [3.8, 4) is 5.69 Å². The molecular formula is C14H16N4O2. The van der Waals surface area contributed by atoms with E-state index in [1.165, 1.54) is 0 Å². The maximum atomic E-state index is 12.2. The number of benzene rings is 1. The quantitative estimate of drug-likeness (QED) is 0.869. The first-order valence-corrected chi connectivity index (χ1v) is 6.57. The van der Waals surface area contributed by atoms with Crippen molar-refractivity contribution < 1.29 is 9.90 Å². The second-order valence-electron chi connectivity index (χ2n) is 4.79. The number of carbonyl (C=O) groups excluding carboxylic acids is 1. The van der Waals surface area contributed by atoms with Crippen molar-refractivity contribution in [2.24, 2.45) is 0 Å². The molecular weight excluding hydrogens is 256 g/mol. The van der Waals surface area contributed by atoms with Gasteiger partial charge in [-0.1, -0.05) is 12.1 Å². The van der Waals surface area contributed by atoms with E-state index in [-0.39, 0.29) is 6.03 Å². The van der Waals surface area contributed by atoms with E-state index in [9.17, 15) is 9.90 Å². The Bertz CT molecular complexity index is 597. The van der Waals surface area contributed by atoms with Crippen molar-refractivity contribution in [3.05, 3.63) is 42.7 Å². The van der Waals surface area contributed by atoms with Crippen LogP contribution in [0.15, 0.2) is 42.7 Å². The fourth-order valence-electron chi connectivity index (χ4n) is 2.31. The van der Waals surface area contributed by atoms with E-state index < -0.39 is 6.10 Å². The van der Waals surface area contributed by atoms with Crippen LogP contribution in [0.5, 0.6) is 0 Å². The first-order valence-electron chi connectivity index (χ1n) is 6.57. The Balaban J connectivity index is 1.79. The van der Waals surface area contributed by atoms with Gasteiger partial charge in [0.25, 0.3) is 0 Å². The van der Waals surface area contributed by atoms with E-state index in [1.54, 1.807) is 15.8 Å². The zero-order valence-corrected chi connectivity index (χ0v) is 10.9. The third kappa shape index (κ3) is 2.50. The molecule has 2 N–H and O–H groups in total. The fraction of sp³-hybridized carbons (Fsp3) is 0.286. The van der Waals surface area contributed by atoms with Crippen molar-refractivity contribution in [1.82, 2.24) is 14.7 Å². The predicted molar refractivity (Wildman–Crippen MR) is 74.8 cm³/mol. The summed E-state index contributed by atoms with van der Waals surface area (Å²) < 4.78 is 1.70. The molecule has 6 heteroatoms. The van der Waals surface area contributed by atoms with Crippen LogP contribution < -0.4 is 5.32 Å². The van der Waals surface area contributed by atoms with E-state index in [0.717, 1.165) is 5.69 Å². The molecule has 1 aromatic carbocycles. The predicted octanol–water partition coefficient (Wildman–Crippen LogP) is 1.47. The Morgan fingerprint density at radius 1 is 1.35 bits per heavy atom. The van der Waals surface area contributed by atoms with Gasteiger partial charge in [-0.2, -0.15) is 5.10 Å². The molecule has 0 bridgehead atoms. The van der Waals surface area contributed by atoms with E-state index in [2.05, 4.69) is 10.4 Å². The van der Waals surface area contributed by atoms with Crippen molar-refractivity contribution in [2.45, 2.75) is 12.5 Å². The van der Waals surface area contributed by atoms with E-state index in [0.29, 0.717) is 25.2 Å². The van der Waals surface area contributed by atoms with Crippen molar-refractivity contribution in [3.63, 3.8) is 0 Å². The summed E-state index contributed by atoms with van der Waals surface area (Å²) in [6, 6.07) is 9.12. The molecule has 0 saturated carbocycles. The van der Waals surface area contributed by atoms with Gasteiger partial charge in [0.15, 0.2) is 0 Å². The van der Waals surface area contributed by atoms with Gasteiger partial charge in [0.1, 0.15) is 0 Å². The molecule has 0 spiro atoms. The summed E-state index contributed by atoms with van der Waals surface area (Å²) >= 11 is 0. The molecule has 2 aromatic rings. The van der Waals surface area contributed by atoms with Gasteiger partial charge in [0, 0.05) is 25.5 Å². The summed E-state index contributed by atoms with van der Waals surface area (Å²) in [6.07, 6.45) is 3.73. The number of hydrogen-bond acceptors (Lipinski definition) is 3. The Hall–Kier alpha value is -2.34. The van der Waals surface area contributed by atoms with Crippen molar-refractivity contribution in [1.29, 1.82) is 0 Å². The molecule has 20 heavy (non-hydrogen) atoms. The smallest absolute Gasteiger partial charge is 0.321 e. The number of rotatable bonds is 2. The van der Waals surface area contributed by atoms with Crippen LogP contribution in [-0.2, 0) is 0 Å². The van der Waals surface area contributed by atoms with Gasteiger partial charge in [-0.05, 0) is 24.6 Å². The third-order valence-corrected chi connectivity index (χ3v) is 3.35. The lowest BCUT2D eigenvalue weighted by atomic mass is 10.2. The van der Waals surface area contributed by atoms with E-state index in [4.69, 9.17) is 0 Å². The minimum absolute atomic E-state index is 0.193. The summed E-state index contributed by atoms with van der Waals surface area (Å²) in [5, 5.41) is 16.5. The number of nitrogens with zero attached hydrogens (tertiary/aromatic N) is 3. The monoisotopic (exact) mass is 272 g/mol. The molecule has 1 aromatic heterocycles. The van der Waals surface area contributed by atoms with Gasteiger partial charge in [0.2, 0.25) is 0 Å². The highest BCUT2D eigenvalue weighted by Gasteiger charge is 2.24. The lowest BCUT2D eigenvalue weighted by Crippen LogP contribution is -2.33. The largest absolute Gasteiger partial charge is 0.391 e. The highest BCUT2D eigenvalue weighted by molar-refractivity contribution is 5.91. The number of urea groups is 1. The molecule has 0 aliphatic carbocycles. The summed E-state index contributed by atoms with van der Waals surface area (Å²) in [5.74, 6) is 0. The molecule has 1 aliphatic rings. The number of aromatic nitrogens is 2. The molecule has 104 valence electrons. The highest BCUT2D eigenvalue weighted by atomic mass is 16.3. The maximum Gasteiger partial charge on any atom is 0.321 e. The number of aliphatic hydroxyl groups is 1. The van der Waals surface area contributed by atoms with Crippen LogP contribution in [0.3, 0.4) is 0 Å². The zero-order chi connectivity index (χ0) is 13.9. The number of para-hydroxylation sites is 2. The first-order chi connectivity index (χ1) is 9.74. The van der Waals surface area contributed by atoms with Crippen molar-refractivity contribution in [2.75, 3.05) is 18.4 Å². The number of aliphatic hydroxyl groups excluding tert-OH is 1. The minimum Gasteiger partial charge on any atom is -0.391 e. The lowest BCUT2D eigenvalue weighted by molar-refractivity contribution is 0.176. The molecule has 3 rings (SSSR count). The molecule has 2 amide bonds. The molecule has 1 aliphatic heterocycles. The highest BCUT2D eigenvalue weighted by Crippen LogP contribution is 2.20. The Morgan fingerprint density at radius 3 is 2.90 bits per heavy atom. The van der Waals surface area contributed by atoms with Gasteiger partial charge in [-0.3, -0.25) is 0 Å². The Morgan fingerprint density at radius 2 is 2.20 bits per heavy atom. The number of anilines is 1. The molecule has 1 atom stereocenters. The third-order valence-electron chi connectivity index (χ3n) is 3.35.